The molecule has 22 heavy (non-hydrogen) atoms. The maximum absolute atomic E-state index is 12.6. The highest BCUT2D eigenvalue weighted by Gasteiger charge is 2.25. The van der Waals surface area contributed by atoms with Gasteiger partial charge in [-0.15, -0.1) is 3.89 Å². The van der Waals surface area contributed by atoms with Crippen molar-refractivity contribution >= 4 is 16.3 Å². The van der Waals surface area contributed by atoms with Crippen molar-refractivity contribution in [3.8, 4) is 0 Å². The minimum Gasteiger partial charge on any atom is -0.445 e. The van der Waals surface area contributed by atoms with Crippen molar-refractivity contribution in [2.75, 3.05) is 18.8 Å². The van der Waals surface area contributed by atoms with Crippen LogP contribution in [-0.2, 0) is 21.6 Å². The zero-order chi connectivity index (χ0) is 16.0. The first-order valence-corrected chi connectivity index (χ1v) is 8.87. The number of hydrogen-bond donors (Lipinski definition) is 0. The SMILES string of the molecule is O=C(OCc1ccccc1)N1CCCC(CCS(=O)(=O)F)C1. The van der Waals surface area contributed by atoms with Gasteiger partial charge in [-0.1, -0.05) is 30.3 Å². The molecule has 0 aliphatic carbocycles. The maximum atomic E-state index is 12.6. The molecule has 1 aliphatic heterocycles. The van der Waals surface area contributed by atoms with Gasteiger partial charge in [0.05, 0.1) is 5.75 Å². The van der Waals surface area contributed by atoms with Crippen LogP contribution in [0.15, 0.2) is 30.3 Å². The van der Waals surface area contributed by atoms with E-state index in [0.717, 1.165) is 18.4 Å². The molecule has 0 bridgehead atoms. The molecule has 1 atom stereocenters. The molecule has 1 aliphatic rings. The largest absolute Gasteiger partial charge is 0.445 e. The fourth-order valence-corrected chi connectivity index (χ4v) is 3.20. The maximum Gasteiger partial charge on any atom is 0.410 e. The highest BCUT2D eigenvalue weighted by molar-refractivity contribution is 7.86. The molecule has 0 N–H and O–H groups in total. The number of amides is 1. The molecular formula is C15H20FNO4S. The Kier molecular flexibility index (Phi) is 5.76. The van der Waals surface area contributed by atoms with Crippen molar-refractivity contribution in [2.45, 2.75) is 25.9 Å². The topological polar surface area (TPSA) is 63.7 Å². The number of rotatable bonds is 5. The summed E-state index contributed by atoms with van der Waals surface area (Å²) in [7, 11) is -4.44. The number of nitrogens with zero attached hydrogens (tertiary/aromatic N) is 1. The number of benzene rings is 1. The van der Waals surface area contributed by atoms with Gasteiger partial charge in [0, 0.05) is 13.1 Å². The second-order valence-corrected chi connectivity index (χ2v) is 7.01. The number of halogens is 1. The average molecular weight is 329 g/mol. The van der Waals surface area contributed by atoms with Crippen molar-refractivity contribution in [1.82, 2.24) is 4.90 Å². The van der Waals surface area contributed by atoms with Gasteiger partial charge in [-0.2, -0.15) is 8.42 Å². The molecule has 7 heteroatoms. The highest BCUT2D eigenvalue weighted by atomic mass is 32.3. The van der Waals surface area contributed by atoms with E-state index in [1.165, 1.54) is 0 Å². The number of carbonyl (C=O) groups excluding carboxylic acids is 1. The molecular weight excluding hydrogens is 309 g/mol. The summed E-state index contributed by atoms with van der Waals surface area (Å²) in [5.41, 5.74) is 0.910. The summed E-state index contributed by atoms with van der Waals surface area (Å²) in [6.45, 7) is 1.22. The molecule has 1 amide bonds. The lowest BCUT2D eigenvalue weighted by Gasteiger charge is -2.31. The Morgan fingerprint density at radius 3 is 2.73 bits per heavy atom. The Balaban J connectivity index is 1.79. The summed E-state index contributed by atoms with van der Waals surface area (Å²) in [6, 6.07) is 9.38. The van der Waals surface area contributed by atoms with Gasteiger partial charge < -0.3 is 9.64 Å². The van der Waals surface area contributed by atoms with E-state index >= 15 is 0 Å². The van der Waals surface area contributed by atoms with Gasteiger partial charge in [0.15, 0.2) is 0 Å². The zero-order valence-corrected chi connectivity index (χ0v) is 13.1. The molecule has 0 aromatic heterocycles. The summed E-state index contributed by atoms with van der Waals surface area (Å²) in [5, 5.41) is 0. The zero-order valence-electron chi connectivity index (χ0n) is 12.3. The lowest BCUT2D eigenvalue weighted by atomic mass is 9.96. The summed E-state index contributed by atoms with van der Waals surface area (Å²) in [5.74, 6) is -0.478. The second-order valence-electron chi connectivity index (χ2n) is 5.53. The number of likely N-dealkylation sites (tertiary alicyclic amines) is 1. The van der Waals surface area contributed by atoms with E-state index in [0.29, 0.717) is 13.1 Å². The van der Waals surface area contributed by atoms with E-state index < -0.39 is 22.1 Å². The first-order chi connectivity index (χ1) is 10.4. The van der Waals surface area contributed by atoms with Crippen LogP contribution < -0.4 is 0 Å². The van der Waals surface area contributed by atoms with E-state index in [1.54, 1.807) is 4.90 Å². The van der Waals surface area contributed by atoms with Crippen molar-refractivity contribution in [1.29, 1.82) is 0 Å². The van der Waals surface area contributed by atoms with E-state index in [2.05, 4.69) is 0 Å². The third kappa shape index (κ3) is 5.63. The molecule has 0 radical (unpaired) electrons. The Morgan fingerprint density at radius 1 is 1.32 bits per heavy atom. The van der Waals surface area contributed by atoms with Gasteiger partial charge in [0.2, 0.25) is 0 Å². The summed E-state index contributed by atoms with van der Waals surface area (Å²) < 4.78 is 39.0. The molecule has 1 saturated heterocycles. The molecule has 1 heterocycles. The second kappa shape index (κ2) is 7.58. The van der Waals surface area contributed by atoms with Crippen molar-refractivity contribution < 1.29 is 21.8 Å². The van der Waals surface area contributed by atoms with E-state index in [4.69, 9.17) is 4.74 Å². The van der Waals surface area contributed by atoms with Crippen LogP contribution in [0.3, 0.4) is 0 Å². The Morgan fingerprint density at radius 2 is 2.05 bits per heavy atom. The third-order valence-corrected chi connectivity index (χ3v) is 4.48. The van der Waals surface area contributed by atoms with Crippen LogP contribution in [0, 0.1) is 5.92 Å². The van der Waals surface area contributed by atoms with Gasteiger partial charge >= 0.3 is 16.3 Å². The van der Waals surface area contributed by atoms with Crippen LogP contribution in [-0.4, -0.2) is 38.3 Å². The van der Waals surface area contributed by atoms with Gasteiger partial charge in [0.25, 0.3) is 0 Å². The minimum absolute atomic E-state index is 0.00329. The van der Waals surface area contributed by atoms with Gasteiger partial charge in [-0.25, -0.2) is 4.79 Å². The Bertz CT molecular complexity index is 591. The van der Waals surface area contributed by atoms with E-state index in [-0.39, 0.29) is 18.9 Å². The normalized spacial score (nSPS) is 19.0. The molecule has 1 unspecified atom stereocenters. The standard InChI is InChI=1S/C15H20FNO4S/c16-22(19,20)10-8-13-7-4-9-17(11-13)15(18)21-12-14-5-2-1-3-6-14/h1-3,5-6,13H,4,7-12H2. The van der Waals surface area contributed by atoms with Crippen molar-refractivity contribution in [3.63, 3.8) is 0 Å². The predicted octanol–water partition coefficient (Wildman–Crippen LogP) is 2.72. The van der Waals surface area contributed by atoms with Crippen LogP contribution in [0.4, 0.5) is 8.68 Å². The Hall–Kier alpha value is -1.63. The molecule has 2 rings (SSSR count). The Labute approximate surface area is 130 Å². The highest BCUT2D eigenvalue weighted by Crippen LogP contribution is 2.21. The number of ether oxygens (including phenoxy) is 1. The fraction of sp³-hybridized carbons (Fsp3) is 0.533. The fourth-order valence-electron chi connectivity index (χ4n) is 2.58. The summed E-state index contributed by atoms with van der Waals surface area (Å²) in [6.07, 6.45) is 1.41. The van der Waals surface area contributed by atoms with Crippen LogP contribution in [0.25, 0.3) is 0 Å². The first-order valence-electron chi connectivity index (χ1n) is 7.32. The first kappa shape index (κ1) is 16.7. The molecule has 1 aromatic carbocycles. The molecule has 0 spiro atoms. The lowest BCUT2D eigenvalue weighted by Crippen LogP contribution is -2.40. The van der Waals surface area contributed by atoms with Crippen LogP contribution in [0.1, 0.15) is 24.8 Å². The molecule has 122 valence electrons. The summed E-state index contributed by atoms with van der Waals surface area (Å²) in [4.78, 5) is 13.6. The van der Waals surface area contributed by atoms with E-state index in [9.17, 15) is 17.1 Å². The monoisotopic (exact) mass is 329 g/mol. The molecule has 1 aromatic rings. The van der Waals surface area contributed by atoms with Gasteiger partial charge in [0.1, 0.15) is 6.61 Å². The number of carbonyl (C=O) groups is 1. The lowest BCUT2D eigenvalue weighted by molar-refractivity contribution is 0.0787. The summed E-state index contributed by atoms with van der Waals surface area (Å²) >= 11 is 0. The van der Waals surface area contributed by atoms with Crippen molar-refractivity contribution in [3.05, 3.63) is 35.9 Å². The number of piperidine rings is 1. The predicted molar refractivity (Wildman–Crippen MR) is 80.4 cm³/mol. The van der Waals surface area contributed by atoms with Crippen LogP contribution in [0.2, 0.25) is 0 Å². The minimum atomic E-state index is -4.44. The average Bonchev–Trinajstić information content (AvgIpc) is 2.51. The van der Waals surface area contributed by atoms with Crippen LogP contribution >= 0.6 is 0 Å². The van der Waals surface area contributed by atoms with E-state index in [1.807, 2.05) is 30.3 Å². The smallest absolute Gasteiger partial charge is 0.410 e. The van der Waals surface area contributed by atoms with Gasteiger partial charge in [-0.05, 0) is 30.7 Å². The molecule has 0 saturated carbocycles. The van der Waals surface area contributed by atoms with Gasteiger partial charge in [-0.3, -0.25) is 0 Å². The third-order valence-electron chi connectivity index (χ3n) is 3.75. The quantitative estimate of drug-likeness (QED) is 0.779. The van der Waals surface area contributed by atoms with Crippen molar-refractivity contribution in [2.24, 2.45) is 5.92 Å². The molecule has 1 fully saturated rings. The molecule has 5 nitrogen and oxygen atoms in total. The number of hydrogen-bond acceptors (Lipinski definition) is 4. The van der Waals surface area contributed by atoms with Crippen LogP contribution in [0.5, 0.6) is 0 Å².